The smallest absolute Gasteiger partial charge is 0.251 e. The maximum absolute atomic E-state index is 12.3. The van der Waals surface area contributed by atoms with E-state index in [-0.39, 0.29) is 11.4 Å². The van der Waals surface area contributed by atoms with Crippen LogP contribution >= 0.6 is 15.9 Å². The molecule has 1 amide bonds. The quantitative estimate of drug-likeness (QED) is 0.902. The fourth-order valence-electron chi connectivity index (χ4n) is 2.22. The lowest BCUT2D eigenvalue weighted by molar-refractivity contribution is 0.0915. The molecule has 100 valence electrons. The van der Waals surface area contributed by atoms with Crippen molar-refractivity contribution in [3.8, 4) is 0 Å². The third-order valence-corrected chi connectivity index (χ3v) is 3.73. The molecule has 0 saturated carbocycles. The molecule has 0 bridgehead atoms. The Morgan fingerprint density at radius 1 is 1.42 bits per heavy atom. The van der Waals surface area contributed by atoms with Crippen LogP contribution in [0.1, 0.15) is 36.5 Å². The molecule has 1 atom stereocenters. The van der Waals surface area contributed by atoms with E-state index in [2.05, 4.69) is 33.2 Å². The van der Waals surface area contributed by atoms with Crippen LogP contribution in [0.25, 0.3) is 0 Å². The van der Waals surface area contributed by atoms with E-state index in [0.717, 1.165) is 23.7 Å². The fraction of sp³-hybridized carbons (Fsp3) is 0.333. The number of nitrogens with zero attached hydrogens (tertiary/aromatic N) is 1. The zero-order chi connectivity index (χ0) is 13.7. The number of hydrogen-bond acceptors (Lipinski definition) is 2. The maximum Gasteiger partial charge on any atom is 0.251 e. The molecule has 2 rings (SSSR count). The molecule has 19 heavy (non-hydrogen) atoms. The third-order valence-electron chi connectivity index (χ3n) is 3.21. The summed E-state index contributed by atoms with van der Waals surface area (Å²) in [5.41, 5.74) is 0.385. The van der Waals surface area contributed by atoms with E-state index in [4.69, 9.17) is 0 Å². The van der Waals surface area contributed by atoms with E-state index < -0.39 is 0 Å². The number of rotatable bonds is 4. The second-order valence-corrected chi connectivity index (χ2v) is 5.63. The van der Waals surface area contributed by atoms with E-state index in [0.29, 0.717) is 5.56 Å². The zero-order valence-electron chi connectivity index (χ0n) is 10.9. The molecule has 1 aliphatic heterocycles. The van der Waals surface area contributed by atoms with Gasteiger partial charge in [-0.1, -0.05) is 29.3 Å². The highest BCUT2D eigenvalue weighted by atomic mass is 79.9. The molecule has 3 nitrogen and oxygen atoms in total. The Bertz CT molecular complexity index is 507. The normalized spacial score (nSPS) is 21.4. The first kappa shape index (κ1) is 14.0. The van der Waals surface area contributed by atoms with Crippen LogP contribution in [0.4, 0.5) is 0 Å². The number of carbonyl (C=O) groups excluding carboxylic acids is 1. The van der Waals surface area contributed by atoms with Crippen LogP contribution in [0.15, 0.2) is 46.0 Å². The van der Waals surface area contributed by atoms with Crippen LogP contribution in [-0.2, 0) is 0 Å². The van der Waals surface area contributed by atoms with Gasteiger partial charge in [0.05, 0.1) is 5.54 Å². The summed E-state index contributed by atoms with van der Waals surface area (Å²) in [5, 5.41) is 3.14. The number of aliphatic imine (C=N–C) groups is 1. The summed E-state index contributed by atoms with van der Waals surface area (Å²) in [5.74, 6) is -0.0408. The minimum atomic E-state index is -0.291. The highest BCUT2D eigenvalue weighted by Gasteiger charge is 2.28. The summed E-state index contributed by atoms with van der Waals surface area (Å²) in [6.07, 6.45) is 8.29. The van der Waals surface area contributed by atoms with Gasteiger partial charge in [0, 0.05) is 28.9 Å². The minimum Gasteiger partial charge on any atom is -0.343 e. The van der Waals surface area contributed by atoms with Gasteiger partial charge < -0.3 is 5.32 Å². The predicted octanol–water partition coefficient (Wildman–Crippen LogP) is 3.71. The van der Waals surface area contributed by atoms with E-state index >= 15 is 0 Å². The van der Waals surface area contributed by atoms with Gasteiger partial charge in [0.25, 0.3) is 5.91 Å². The van der Waals surface area contributed by atoms with Crippen molar-refractivity contribution >= 4 is 28.1 Å². The summed E-state index contributed by atoms with van der Waals surface area (Å²) < 4.78 is 0.969. The van der Waals surface area contributed by atoms with Crippen molar-refractivity contribution in [3.63, 3.8) is 0 Å². The molecule has 1 heterocycles. The van der Waals surface area contributed by atoms with Crippen LogP contribution in [0.2, 0.25) is 0 Å². The van der Waals surface area contributed by atoms with Gasteiger partial charge in [0.2, 0.25) is 0 Å². The number of benzene rings is 1. The molecule has 1 N–H and O–H groups in total. The van der Waals surface area contributed by atoms with Gasteiger partial charge in [0.15, 0.2) is 0 Å². The first-order valence-corrected chi connectivity index (χ1v) is 7.22. The summed E-state index contributed by atoms with van der Waals surface area (Å²) in [7, 11) is 0. The van der Waals surface area contributed by atoms with Gasteiger partial charge in [-0.25, -0.2) is 0 Å². The molecule has 0 fully saturated rings. The maximum atomic E-state index is 12.3. The van der Waals surface area contributed by atoms with Crippen molar-refractivity contribution in [1.29, 1.82) is 0 Å². The lowest BCUT2D eigenvalue weighted by atomic mass is 9.88. The standard InChI is InChI=1S/C15H17BrN2O/c1-2-7-15(8-10-17-11-9-15)18-14(19)12-3-5-13(16)6-4-12/h3-6,8,10-11H,2,7,9H2,1H3,(H,18,19). The van der Waals surface area contributed by atoms with Gasteiger partial charge in [-0.05, 0) is 36.8 Å². The van der Waals surface area contributed by atoms with Gasteiger partial charge >= 0.3 is 0 Å². The van der Waals surface area contributed by atoms with E-state index in [1.807, 2.05) is 36.6 Å². The average molecular weight is 321 g/mol. The highest BCUT2D eigenvalue weighted by molar-refractivity contribution is 9.10. The molecular formula is C15H17BrN2O. The molecule has 1 aromatic rings. The molecule has 1 aromatic carbocycles. The van der Waals surface area contributed by atoms with Gasteiger partial charge in [-0.2, -0.15) is 0 Å². The van der Waals surface area contributed by atoms with Crippen molar-refractivity contribution in [2.24, 2.45) is 4.99 Å². The number of nitrogens with one attached hydrogen (secondary N) is 1. The minimum absolute atomic E-state index is 0.0408. The molecular weight excluding hydrogens is 304 g/mol. The van der Waals surface area contributed by atoms with Crippen LogP contribution in [0, 0.1) is 0 Å². The van der Waals surface area contributed by atoms with Crippen LogP contribution in [0.3, 0.4) is 0 Å². The Labute approximate surface area is 121 Å². The van der Waals surface area contributed by atoms with E-state index in [9.17, 15) is 4.79 Å². The van der Waals surface area contributed by atoms with Crippen molar-refractivity contribution in [1.82, 2.24) is 5.32 Å². The van der Waals surface area contributed by atoms with Gasteiger partial charge in [-0.15, -0.1) is 0 Å². The topological polar surface area (TPSA) is 41.5 Å². The molecule has 0 aliphatic carbocycles. The lowest BCUT2D eigenvalue weighted by Gasteiger charge is -2.31. The SMILES string of the molecule is CCCC1(NC(=O)c2ccc(Br)cc2)C=CN=CC1. The summed E-state index contributed by atoms with van der Waals surface area (Å²) in [4.78, 5) is 16.4. The number of hydrogen-bond donors (Lipinski definition) is 1. The summed E-state index contributed by atoms with van der Waals surface area (Å²) in [6, 6.07) is 7.39. The predicted molar refractivity (Wildman–Crippen MR) is 81.5 cm³/mol. The highest BCUT2D eigenvalue weighted by Crippen LogP contribution is 2.22. The second kappa shape index (κ2) is 6.15. The Balaban J connectivity index is 2.13. The number of amides is 1. The Hall–Kier alpha value is -1.42. The first-order valence-electron chi connectivity index (χ1n) is 6.43. The molecule has 4 heteroatoms. The van der Waals surface area contributed by atoms with Crippen molar-refractivity contribution in [2.75, 3.05) is 0 Å². The Morgan fingerprint density at radius 3 is 2.74 bits per heavy atom. The molecule has 0 saturated heterocycles. The Kier molecular flexibility index (Phi) is 4.53. The summed E-state index contributed by atoms with van der Waals surface area (Å²) >= 11 is 3.37. The molecule has 1 aliphatic rings. The van der Waals surface area contributed by atoms with Crippen molar-refractivity contribution in [2.45, 2.75) is 31.7 Å². The van der Waals surface area contributed by atoms with Gasteiger partial charge in [-0.3, -0.25) is 9.79 Å². The number of carbonyl (C=O) groups is 1. The average Bonchev–Trinajstić information content (AvgIpc) is 2.40. The van der Waals surface area contributed by atoms with Crippen LogP contribution in [0.5, 0.6) is 0 Å². The van der Waals surface area contributed by atoms with Crippen LogP contribution < -0.4 is 5.32 Å². The van der Waals surface area contributed by atoms with E-state index in [1.54, 1.807) is 6.20 Å². The fourth-order valence-corrected chi connectivity index (χ4v) is 2.48. The summed E-state index contributed by atoms with van der Waals surface area (Å²) in [6.45, 7) is 2.12. The van der Waals surface area contributed by atoms with E-state index in [1.165, 1.54) is 0 Å². The monoisotopic (exact) mass is 320 g/mol. The molecule has 0 radical (unpaired) electrons. The molecule has 0 aromatic heterocycles. The molecule has 0 spiro atoms. The second-order valence-electron chi connectivity index (χ2n) is 4.72. The van der Waals surface area contributed by atoms with Gasteiger partial charge in [0.1, 0.15) is 0 Å². The largest absolute Gasteiger partial charge is 0.343 e. The molecule has 1 unspecified atom stereocenters. The zero-order valence-corrected chi connectivity index (χ0v) is 12.5. The first-order chi connectivity index (χ1) is 9.15. The van der Waals surface area contributed by atoms with Crippen LogP contribution in [-0.4, -0.2) is 17.7 Å². The lowest BCUT2D eigenvalue weighted by Crippen LogP contribution is -2.47. The third kappa shape index (κ3) is 3.53. The number of halogens is 1. The van der Waals surface area contributed by atoms with Crippen molar-refractivity contribution in [3.05, 3.63) is 46.6 Å². The van der Waals surface area contributed by atoms with Crippen molar-refractivity contribution < 1.29 is 4.79 Å². The Morgan fingerprint density at radius 2 is 2.16 bits per heavy atom.